The first-order valence-corrected chi connectivity index (χ1v) is 10.3. The molecule has 0 saturated heterocycles. The summed E-state index contributed by atoms with van der Waals surface area (Å²) in [5.41, 5.74) is 6.68. The van der Waals surface area contributed by atoms with Crippen molar-refractivity contribution in [2.24, 2.45) is 5.10 Å². The van der Waals surface area contributed by atoms with Gasteiger partial charge in [0.25, 0.3) is 0 Å². The summed E-state index contributed by atoms with van der Waals surface area (Å²) in [5.74, 6) is 0. The number of halogens is 3. The molecule has 1 heterocycles. The molecule has 2 amide bonds. The van der Waals surface area contributed by atoms with E-state index in [4.69, 9.17) is 34.8 Å². The number of hydrogen-bond acceptors (Lipinski definition) is 3. The highest BCUT2D eigenvalue weighted by Crippen LogP contribution is 2.36. The van der Waals surface area contributed by atoms with E-state index in [0.717, 1.165) is 22.5 Å². The maximum absolute atomic E-state index is 12.3. The van der Waals surface area contributed by atoms with E-state index < -0.39 is 6.03 Å². The maximum atomic E-state index is 12.3. The van der Waals surface area contributed by atoms with Crippen LogP contribution >= 0.6 is 34.8 Å². The van der Waals surface area contributed by atoms with E-state index in [1.54, 1.807) is 36.4 Å². The Balaban J connectivity index is 1.56. The van der Waals surface area contributed by atoms with Crippen molar-refractivity contribution in [3.63, 3.8) is 0 Å². The van der Waals surface area contributed by atoms with Crippen LogP contribution in [0.1, 0.15) is 23.6 Å². The highest BCUT2D eigenvalue weighted by atomic mass is 35.5. The lowest BCUT2D eigenvalue weighted by molar-refractivity contribution is 0.252. The summed E-state index contributed by atoms with van der Waals surface area (Å²) in [6.45, 7) is 0. The predicted octanol–water partition coefficient (Wildman–Crippen LogP) is 6.73. The minimum absolute atomic E-state index is 0.107. The first-order chi connectivity index (χ1) is 14.5. The number of carbonyl (C=O) groups excluding carboxylic acids is 1. The van der Waals surface area contributed by atoms with Crippen LogP contribution in [-0.2, 0) is 0 Å². The van der Waals surface area contributed by atoms with Crippen LogP contribution in [0.2, 0.25) is 15.1 Å². The molecule has 0 fully saturated rings. The number of hydrazone groups is 1. The van der Waals surface area contributed by atoms with Crippen molar-refractivity contribution in [2.75, 3.05) is 10.6 Å². The number of carbonyl (C=O) groups is 1. The zero-order valence-corrected chi connectivity index (χ0v) is 17.9. The Kier molecular flexibility index (Phi) is 6.13. The van der Waals surface area contributed by atoms with E-state index in [1.807, 2.05) is 30.3 Å². The monoisotopic (exact) mass is 458 g/mol. The number of hydrogen-bond donors (Lipinski definition) is 3. The average molecular weight is 460 g/mol. The van der Waals surface area contributed by atoms with Crippen molar-refractivity contribution in [1.82, 2.24) is 5.43 Å². The molecule has 8 heteroatoms. The van der Waals surface area contributed by atoms with Crippen LogP contribution in [0.25, 0.3) is 0 Å². The first kappa shape index (κ1) is 20.5. The molecule has 3 aromatic carbocycles. The molecule has 1 unspecified atom stereocenters. The average Bonchev–Trinajstić information content (AvgIpc) is 2.73. The molecule has 3 N–H and O–H groups in total. The van der Waals surface area contributed by atoms with Crippen molar-refractivity contribution in [3.05, 3.63) is 92.9 Å². The maximum Gasteiger partial charge on any atom is 0.339 e. The van der Waals surface area contributed by atoms with Gasteiger partial charge in [0, 0.05) is 38.4 Å². The molecule has 0 spiro atoms. The molecule has 0 aromatic heterocycles. The van der Waals surface area contributed by atoms with Gasteiger partial charge >= 0.3 is 6.03 Å². The normalized spacial score (nSPS) is 16.5. The topological polar surface area (TPSA) is 65.5 Å². The van der Waals surface area contributed by atoms with Crippen molar-refractivity contribution in [1.29, 1.82) is 0 Å². The molecular weight excluding hydrogens is 443 g/mol. The molecule has 5 nitrogen and oxygen atoms in total. The Hall–Kier alpha value is -2.73. The molecule has 4 rings (SSSR count). The van der Waals surface area contributed by atoms with Crippen LogP contribution in [0.3, 0.4) is 0 Å². The molecular formula is C22H17Cl3N4O. The van der Waals surface area contributed by atoms with Crippen molar-refractivity contribution in [2.45, 2.75) is 12.5 Å². The first-order valence-electron chi connectivity index (χ1n) is 9.19. The van der Waals surface area contributed by atoms with Crippen LogP contribution < -0.4 is 16.1 Å². The van der Waals surface area contributed by atoms with Gasteiger partial charge in [0.2, 0.25) is 0 Å². The molecule has 0 radical (unpaired) electrons. The molecule has 30 heavy (non-hydrogen) atoms. The fraction of sp³-hybridized carbons (Fsp3) is 0.0909. The van der Waals surface area contributed by atoms with Crippen LogP contribution in [0, 0.1) is 0 Å². The number of para-hydroxylation sites is 1. The second kappa shape index (κ2) is 8.96. The van der Waals surface area contributed by atoms with Crippen molar-refractivity contribution >= 4 is 57.9 Å². The second-order valence-corrected chi connectivity index (χ2v) is 8.02. The molecule has 1 aliphatic rings. The molecule has 0 bridgehead atoms. The Morgan fingerprint density at radius 2 is 1.70 bits per heavy atom. The summed E-state index contributed by atoms with van der Waals surface area (Å²) in [6.07, 6.45) is 0.541. The summed E-state index contributed by atoms with van der Waals surface area (Å²) in [7, 11) is 0. The van der Waals surface area contributed by atoms with E-state index in [-0.39, 0.29) is 6.04 Å². The molecule has 0 aliphatic carbocycles. The predicted molar refractivity (Wildman–Crippen MR) is 124 cm³/mol. The lowest BCUT2D eigenvalue weighted by atomic mass is 9.92. The zero-order chi connectivity index (χ0) is 21.1. The summed E-state index contributed by atoms with van der Waals surface area (Å²) in [6, 6.07) is 19.5. The fourth-order valence-corrected chi connectivity index (χ4v) is 3.96. The lowest BCUT2D eigenvalue weighted by Gasteiger charge is -2.29. The number of benzene rings is 3. The Labute approximate surface area is 189 Å². The Morgan fingerprint density at radius 3 is 2.47 bits per heavy atom. The second-order valence-electron chi connectivity index (χ2n) is 6.74. The van der Waals surface area contributed by atoms with Crippen LogP contribution in [0.5, 0.6) is 0 Å². The number of nitrogens with one attached hydrogen (secondary N) is 3. The van der Waals surface area contributed by atoms with E-state index >= 15 is 0 Å². The van der Waals surface area contributed by atoms with Crippen LogP contribution in [0.4, 0.5) is 16.2 Å². The Morgan fingerprint density at radius 1 is 0.967 bits per heavy atom. The third-order valence-corrected chi connectivity index (χ3v) is 5.51. The van der Waals surface area contributed by atoms with E-state index in [0.29, 0.717) is 27.2 Å². The van der Waals surface area contributed by atoms with Gasteiger partial charge in [0.05, 0.1) is 11.8 Å². The third-order valence-electron chi connectivity index (χ3n) is 4.70. The number of anilines is 2. The molecule has 1 aliphatic heterocycles. The van der Waals surface area contributed by atoms with Crippen LogP contribution in [-0.4, -0.2) is 11.7 Å². The third kappa shape index (κ3) is 4.70. The smallest absolute Gasteiger partial charge is 0.339 e. The highest BCUT2D eigenvalue weighted by Gasteiger charge is 2.25. The van der Waals surface area contributed by atoms with Crippen LogP contribution in [0.15, 0.2) is 71.8 Å². The van der Waals surface area contributed by atoms with Gasteiger partial charge in [-0.1, -0.05) is 59.1 Å². The minimum atomic E-state index is -0.443. The van der Waals surface area contributed by atoms with Gasteiger partial charge in [-0.25, -0.2) is 10.2 Å². The minimum Gasteiger partial charge on any atom is -0.377 e. The van der Waals surface area contributed by atoms with Crippen molar-refractivity contribution < 1.29 is 4.79 Å². The largest absolute Gasteiger partial charge is 0.377 e. The fourth-order valence-electron chi connectivity index (χ4n) is 3.29. The molecule has 1 atom stereocenters. The van der Waals surface area contributed by atoms with Gasteiger partial charge in [-0.2, -0.15) is 5.10 Å². The summed E-state index contributed by atoms with van der Waals surface area (Å²) in [5, 5.41) is 12.3. The van der Waals surface area contributed by atoms with Gasteiger partial charge < -0.3 is 10.6 Å². The van der Waals surface area contributed by atoms with Gasteiger partial charge in [-0.3, -0.25) is 0 Å². The molecule has 0 saturated carbocycles. The molecule has 152 valence electrons. The van der Waals surface area contributed by atoms with E-state index in [1.165, 1.54) is 0 Å². The number of rotatable bonds is 3. The standard InChI is InChI=1S/C22H17Cl3N4O/c23-13-5-8-15(9-6-13)26-22(30)29-28-21-12-20(16-10-7-14(24)11-18(16)25)27-19-4-2-1-3-17(19)21/h1-11,20,27H,12H2,(H2,26,29,30). The number of amides is 2. The van der Waals surface area contributed by atoms with Gasteiger partial charge in [0.1, 0.15) is 0 Å². The van der Waals surface area contributed by atoms with E-state index in [2.05, 4.69) is 21.2 Å². The van der Waals surface area contributed by atoms with Gasteiger partial charge in [-0.15, -0.1) is 0 Å². The number of fused-ring (bicyclic) bond motifs is 1. The number of urea groups is 1. The SMILES string of the molecule is O=C(NN=C1CC(c2ccc(Cl)cc2Cl)Nc2ccccc21)Nc1ccc(Cl)cc1. The Bertz CT molecular complexity index is 1120. The van der Waals surface area contributed by atoms with Gasteiger partial charge in [0.15, 0.2) is 0 Å². The number of nitrogens with zero attached hydrogens (tertiary/aromatic N) is 1. The van der Waals surface area contributed by atoms with Gasteiger partial charge in [-0.05, 0) is 48.0 Å². The van der Waals surface area contributed by atoms with Crippen molar-refractivity contribution in [3.8, 4) is 0 Å². The zero-order valence-electron chi connectivity index (χ0n) is 15.6. The molecule has 3 aromatic rings. The van der Waals surface area contributed by atoms with E-state index in [9.17, 15) is 4.79 Å². The summed E-state index contributed by atoms with van der Waals surface area (Å²) >= 11 is 18.3. The lowest BCUT2D eigenvalue weighted by Crippen LogP contribution is -2.29. The summed E-state index contributed by atoms with van der Waals surface area (Å²) < 4.78 is 0. The highest BCUT2D eigenvalue weighted by molar-refractivity contribution is 6.35. The quantitative estimate of drug-likeness (QED) is 0.380. The summed E-state index contributed by atoms with van der Waals surface area (Å²) in [4.78, 5) is 12.3.